The summed E-state index contributed by atoms with van der Waals surface area (Å²) in [5.41, 5.74) is 2.41. The normalized spacial score (nSPS) is 25.8. The highest BCUT2D eigenvalue weighted by molar-refractivity contribution is 6.04. The monoisotopic (exact) mass is 625 g/mol. The second-order valence-electron chi connectivity index (χ2n) is 13.0. The van der Waals surface area contributed by atoms with E-state index in [0.29, 0.717) is 33.6 Å². The molecule has 4 fully saturated rings. The van der Waals surface area contributed by atoms with Crippen molar-refractivity contribution in [2.75, 3.05) is 4.90 Å². The molecule has 2 saturated carbocycles. The quantitative estimate of drug-likeness (QED) is 0.202. The van der Waals surface area contributed by atoms with Crippen LogP contribution in [0, 0.1) is 11.2 Å². The van der Waals surface area contributed by atoms with Gasteiger partial charge in [-0.15, -0.1) is 13.2 Å². The second kappa shape index (κ2) is 9.97. The molecule has 2 unspecified atom stereocenters. The molecule has 2 bridgehead atoms. The van der Waals surface area contributed by atoms with Gasteiger partial charge in [-0.1, -0.05) is 17.3 Å². The number of alkyl halides is 3. The van der Waals surface area contributed by atoms with Crippen molar-refractivity contribution in [2.45, 2.75) is 82.0 Å². The number of para-hydroxylation sites is 1. The van der Waals surface area contributed by atoms with Gasteiger partial charge in [-0.3, -0.25) is 0 Å². The van der Waals surface area contributed by atoms with Crippen LogP contribution in [0.25, 0.3) is 22.2 Å². The number of hydrogen-bond acceptors (Lipinski definition) is 6. The van der Waals surface area contributed by atoms with Gasteiger partial charge in [-0.05, 0) is 74.6 Å². The van der Waals surface area contributed by atoms with Gasteiger partial charge >= 0.3 is 12.3 Å². The maximum absolute atomic E-state index is 15.6. The number of aryl methyl sites for hydroxylation is 1. The molecule has 236 valence electrons. The molecule has 8 rings (SSSR count). The van der Waals surface area contributed by atoms with Crippen LogP contribution in [0.2, 0.25) is 0 Å². The topological polar surface area (TPSA) is 90.0 Å². The number of rotatable bonds is 8. The van der Waals surface area contributed by atoms with E-state index in [9.17, 15) is 23.1 Å². The predicted molar refractivity (Wildman–Crippen MR) is 155 cm³/mol. The number of nitrogens with zero attached hydrogens (tertiary/aromatic N) is 3. The first kappa shape index (κ1) is 28.4. The molecule has 2 atom stereocenters. The molecule has 2 aromatic heterocycles. The van der Waals surface area contributed by atoms with E-state index in [4.69, 9.17) is 9.26 Å². The Balaban J connectivity index is 1.01. The van der Waals surface area contributed by atoms with Gasteiger partial charge in [-0.2, -0.15) is 0 Å². The van der Waals surface area contributed by atoms with Crippen molar-refractivity contribution in [3.63, 3.8) is 0 Å². The molecule has 45 heavy (non-hydrogen) atoms. The van der Waals surface area contributed by atoms with E-state index in [1.54, 1.807) is 23.7 Å². The highest BCUT2D eigenvalue weighted by atomic mass is 19.4. The Bertz CT molecular complexity index is 1820. The number of fused-ring (bicyclic) bond motifs is 4. The number of carboxylic acids is 1. The molecular weight excluding hydrogens is 594 g/mol. The van der Waals surface area contributed by atoms with E-state index in [1.165, 1.54) is 30.5 Å². The van der Waals surface area contributed by atoms with E-state index in [-0.39, 0.29) is 53.0 Å². The molecular formula is C33H31F4N3O5. The standard InChI is InChI=1S/C33H31F4N3O5/c1-39-15-22(31(41)42)21-10-24(34)26(11-25(21)39)40-18-8-9-28(40)32(12-18)13-19(14-32)43-16-23-29(38-45-30(23)17-6-7-17)20-4-2-3-5-27(20)44-33(35,36)37/h2-5,10-11,15,17-19,28H,6-9,12-14,16H2,1H3,(H,41,42). The number of ether oxygens (including phenoxy) is 2. The summed E-state index contributed by atoms with van der Waals surface area (Å²) in [6, 6.07) is 9.37. The Morgan fingerprint density at radius 2 is 1.91 bits per heavy atom. The Morgan fingerprint density at radius 3 is 2.64 bits per heavy atom. The van der Waals surface area contributed by atoms with Crippen LogP contribution >= 0.6 is 0 Å². The van der Waals surface area contributed by atoms with E-state index in [0.717, 1.165) is 44.9 Å². The zero-order chi connectivity index (χ0) is 31.2. The molecule has 2 aliphatic carbocycles. The first-order chi connectivity index (χ1) is 21.5. The number of halogens is 4. The third-order valence-electron chi connectivity index (χ3n) is 10.3. The number of carbonyl (C=O) groups is 1. The summed E-state index contributed by atoms with van der Waals surface area (Å²) < 4.78 is 73.0. The van der Waals surface area contributed by atoms with Gasteiger partial charge in [0.15, 0.2) is 0 Å². The Labute approximate surface area is 255 Å². The summed E-state index contributed by atoms with van der Waals surface area (Å²) in [7, 11) is 1.77. The second-order valence-corrected chi connectivity index (χ2v) is 13.0. The molecule has 2 aliphatic heterocycles. The largest absolute Gasteiger partial charge is 0.573 e. The summed E-state index contributed by atoms with van der Waals surface area (Å²) in [5.74, 6) is -1.01. The molecule has 12 heteroatoms. The van der Waals surface area contributed by atoms with Crippen molar-refractivity contribution in [3.8, 4) is 17.0 Å². The minimum absolute atomic E-state index is 0.0145. The molecule has 8 nitrogen and oxygen atoms in total. The maximum Gasteiger partial charge on any atom is 0.573 e. The Morgan fingerprint density at radius 1 is 1.13 bits per heavy atom. The molecule has 4 heterocycles. The van der Waals surface area contributed by atoms with Gasteiger partial charge in [0.05, 0.1) is 29.5 Å². The van der Waals surface area contributed by atoms with Crippen molar-refractivity contribution in [2.24, 2.45) is 12.5 Å². The fraction of sp³-hybridized carbons (Fsp3) is 0.455. The lowest BCUT2D eigenvalue weighted by Gasteiger charge is -2.50. The van der Waals surface area contributed by atoms with Gasteiger partial charge in [0.2, 0.25) is 0 Å². The van der Waals surface area contributed by atoms with Crippen molar-refractivity contribution in [3.05, 3.63) is 65.3 Å². The lowest BCUT2D eigenvalue weighted by molar-refractivity contribution is -0.274. The number of aromatic nitrogens is 2. The first-order valence-corrected chi connectivity index (χ1v) is 15.3. The molecule has 2 aromatic carbocycles. The lowest BCUT2D eigenvalue weighted by atomic mass is 9.59. The molecule has 0 amide bonds. The van der Waals surface area contributed by atoms with E-state index < -0.39 is 18.1 Å². The van der Waals surface area contributed by atoms with Gasteiger partial charge < -0.3 is 28.6 Å². The molecule has 1 spiro atoms. The molecule has 1 N–H and O–H groups in total. The van der Waals surface area contributed by atoms with Crippen LogP contribution < -0.4 is 9.64 Å². The fourth-order valence-electron chi connectivity index (χ4n) is 8.23. The lowest BCUT2D eigenvalue weighted by Crippen LogP contribution is -2.50. The number of hydrogen-bond donors (Lipinski definition) is 1. The number of benzene rings is 2. The summed E-state index contributed by atoms with van der Waals surface area (Å²) in [6.45, 7) is 0.161. The number of carboxylic acid groups (broad SMARTS) is 1. The van der Waals surface area contributed by atoms with Crippen LogP contribution in [0.4, 0.5) is 23.2 Å². The zero-order valence-corrected chi connectivity index (χ0v) is 24.4. The minimum Gasteiger partial charge on any atom is -0.478 e. The summed E-state index contributed by atoms with van der Waals surface area (Å²) in [5, 5.41) is 14.1. The third kappa shape index (κ3) is 4.67. The Kier molecular flexibility index (Phi) is 6.30. The van der Waals surface area contributed by atoms with Crippen molar-refractivity contribution in [1.82, 2.24) is 9.72 Å². The number of anilines is 1. The maximum atomic E-state index is 15.6. The fourth-order valence-corrected chi connectivity index (χ4v) is 8.23. The van der Waals surface area contributed by atoms with Gasteiger partial charge in [0.1, 0.15) is 23.0 Å². The third-order valence-corrected chi connectivity index (χ3v) is 10.3. The summed E-state index contributed by atoms with van der Waals surface area (Å²) in [6.07, 6.45) is 2.91. The van der Waals surface area contributed by atoms with Crippen LogP contribution in [0.15, 0.2) is 47.1 Å². The highest BCUT2D eigenvalue weighted by Crippen LogP contribution is 2.62. The Hall–Kier alpha value is -4.06. The number of aromatic carboxylic acids is 1. The van der Waals surface area contributed by atoms with E-state index >= 15 is 4.39 Å². The average Bonchev–Trinajstić information content (AvgIpc) is 3.31. The molecule has 4 aliphatic rings. The molecule has 2 saturated heterocycles. The van der Waals surface area contributed by atoms with Crippen LogP contribution in [0.5, 0.6) is 5.75 Å². The van der Waals surface area contributed by atoms with Crippen LogP contribution in [-0.2, 0) is 18.4 Å². The summed E-state index contributed by atoms with van der Waals surface area (Å²) in [4.78, 5) is 13.9. The van der Waals surface area contributed by atoms with Crippen LogP contribution in [-0.4, -0.2) is 45.3 Å². The van der Waals surface area contributed by atoms with E-state index in [1.807, 2.05) is 0 Å². The van der Waals surface area contributed by atoms with E-state index in [2.05, 4.69) is 14.8 Å². The van der Waals surface area contributed by atoms with Crippen molar-refractivity contribution < 1.29 is 41.5 Å². The van der Waals surface area contributed by atoms with Gasteiger partial charge in [0.25, 0.3) is 0 Å². The van der Waals surface area contributed by atoms with Crippen LogP contribution in [0.3, 0.4) is 0 Å². The average molecular weight is 626 g/mol. The van der Waals surface area contributed by atoms with Crippen LogP contribution in [0.1, 0.15) is 72.5 Å². The molecule has 4 aromatic rings. The van der Waals surface area contributed by atoms with Crippen molar-refractivity contribution in [1.29, 1.82) is 0 Å². The van der Waals surface area contributed by atoms with Gasteiger partial charge in [-0.25, -0.2) is 9.18 Å². The predicted octanol–water partition coefficient (Wildman–Crippen LogP) is 7.55. The van der Waals surface area contributed by atoms with Gasteiger partial charge in [0, 0.05) is 47.8 Å². The SMILES string of the molecule is Cn1cc(C(=O)O)c2cc(F)c(N3C4CCC3C3(CC(OCc5c(-c6ccccc6OC(F)(F)F)noc5C5CC5)C3)C4)cc21. The minimum atomic E-state index is -4.85. The summed E-state index contributed by atoms with van der Waals surface area (Å²) >= 11 is 0. The zero-order valence-electron chi connectivity index (χ0n) is 24.4. The highest BCUT2D eigenvalue weighted by Gasteiger charge is 2.61. The van der Waals surface area contributed by atoms with Crippen molar-refractivity contribution >= 4 is 22.6 Å². The first-order valence-electron chi connectivity index (χ1n) is 15.3. The molecule has 0 radical (unpaired) electrons. The smallest absolute Gasteiger partial charge is 0.478 e.